The molecule has 3 heteroatoms. The van der Waals surface area contributed by atoms with Crippen LogP contribution in [0.25, 0.3) is 27.8 Å². The number of nitrogens with one attached hydrogen (secondary N) is 1. The van der Waals surface area contributed by atoms with Gasteiger partial charge < -0.3 is 9.73 Å². The molecule has 0 saturated carbocycles. The Labute approximate surface area is 109 Å². The molecule has 0 amide bonds. The minimum atomic E-state index is 0.781. The first-order valence-corrected chi connectivity index (χ1v) is 6.24. The molecule has 0 unspecified atom stereocenters. The summed E-state index contributed by atoms with van der Waals surface area (Å²) in [7, 11) is 0. The van der Waals surface area contributed by atoms with Crippen molar-refractivity contribution in [1.29, 1.82) is 0 Å². The number of rotatable bonds is 0. The molecule has 4 rings (SSSR count). The largest absolute Gasteiger partial charge is 0.456 e. The van der Waals surface area contributed by atoms with E-state index in [-0.39, 0.29) is 0 Å². The Morgan fingerprint density at radius 2 is 2.11 bits per heavy atom. The van der Waals surface area contributed by atoms with Gasteiger partial charge in [0.1, 0.15) is 11.3 Å². The smallest absolute Gasteiger partial charge is 0.135 e. The van der Waals surface area contributed by atoms with E-state index in [4.69, 9.17) is 16.0 Å². The maximum Gasteiger partial charge on any atom is 0.135 e. The van der Waals surface area contributed by atoms with Crippen LogP contribution >= 0.6 is 11.6 Å². The number of hydrogen-bond acceptors (Lipinski definition) is 2. The highest BCUT2D eigenvalue weighted by molar-refractivity contribution is 6.35. The molecule has 88 valence electrons. The van der Waals surface area contributed by atoms with Gasteiger partial charge in [0.15, 0.2) is 0 Å². The lowest BCUT2D eigenvalue weighted by atomic mass is 10.0. The summed E-state index contributed by atoms with van der Waals surface area (Å²) in [6.07, 6.45) is 3.88. The van der Waals surface area contributed by atoms with Crippen molar-refractivity contribution in [3.05, 3.63) is 52.9 Å². The van der Waals surface area contributed by atoms with Crippen LogP contribution in [-0.2, 0) is 6.54 Å². The first-order valence-electron chi connectivity index (χ1n) is 5.86. The molecule has 0 saturated heterocycles. The lowest BCUT2D eigenvalue weighted by molar-refractivity contribution is 0.592. The minimum Gasteiger partial charge on any atom is -0.456 e. The SMILES string of the molecule is Clc1cccc2cc3oc4c(c3cc12)CNC=C4. The van der Waals surface area contributed by atoms with Crippen LogP contribution in [0, 0.1) is 0 Å². The van der Waals surface area contributed by atoms with Gasteiger partial charge in [-0.15, -0.1) is 0 Å². The van der Waals surface area contributed by atoms with Crippen molar-refractivity contribution in [1.82, 2.24) is 5.32 Å². The van der Waals surface area contributed by atoms with Gasteiger partial charge in [-0.25, -0.2) is 0 Å². The van der Waals surface area contributed by atoms with Gasteiger partial charge in [0.05, 0.1) is 0 Å². The summed E-state index contributed by atoms with van der Waals surface area (Å²) in [5.41, 5.74) is 2.12. The maximum atomic E-state index is 6.25. The monoisotopic (exact) mass is 255 g/mol. The fourth-order valence-electron chi connectivity index (χ4n) is 2.51. The summed E-state index contributed by atoms with van der Waals surface area (Å²) in [5, 5.41) is 7.31. The quantitative estimate of drug-likeness (QED) is 0.647. The Balaban J connectivity index is 2.16. The summed E-state index contributed by atoms with van der Waals surface area (Å²) < 4.78 is 5.87. The van der Waals surface area contributed by atoms with Crippen molar-refractivity contribution in [3.8, 4) is 0 Å². The van der Waals surface area contributed by atoms with Gasteiger partial charge in [0.2, 0.25) is 0 Å². The van der Waals surface area contributed by atoms with E-state index in [1.807, 2.05) is 24.4 Å². The summed E-state index contributed by atoms with van der Waals surface area (Å²) in [6.45, 7) is 0.800. The molecule has 1 aliphatic heterocycles. The fourth-order valence-corrected chi connectivity index (χ4v) is 2.75. The van der Waals surface area contributed by atoms with Crippen LogP contribution in [0.15, 0.2) is 40.9 Å². The molecule has 2 nitrogen and oxygen atoms in total. The van der Waals surface area contributed by atoms with Gasteiger partial charge in [-0.3, -0.25) is 0 Å². The third kappa shape index (κ3) is 1.30. The zero-order valence-electron chi connectivity index (χ0n) is 9.53. The van der Waals surface area contributed by atoms with Gasteiger partial charge in [0.25, 0.3) is 0 Å². The molecule has 2 heterocycles. The molecule has 0 atom stereocenters. The molecule has 3 aromatic rings. The second-order valence-electron chi connectivity index (χ2n) is 4.47. The predicted molar refractivity (Wildman–Crippen MR) is 74.6 cm³/mol. The van der Waals surface area contributed by atoms with Gasteiger partial charge in [-0.05, 0) is 29.7 Å². The lowest BCUT2D eigenvalue weighted by Gasteiger charge is -2.06. The highest BCUT2D eigenvalue weighted by atomic mass is 35.5. The summed E-state index contributed by atoms with van der Waals surface area (Å²) in [6, 6.07) is 10.1. The molecular formula is C15H10ClNO. The first-order chi connectivity index (χ1) is 8.83. The minimum absolute atomic E-state index is 0.781. The summed E-state index contributed by atoms with van der Waals surface area (Å²) >= 11 is 6.25. The first kappa shape index (κ1) is 10.0. The van der Waals surface area contributed by atoms with E-state index in [0.717, 1.165) is 39.1 Å². The van der Waals surface area contributed by atoms with Crippen molar-refractivity contribution >= 4 is 39.4 Å². The topological polar surface area (TPSA) is 25.2 Å². The molecule has 1 aliphatic rings. The summed E-state index contributed by atoms with van der Waals surface area (Å²) in [4.78, 5) is 0. The third-order valence-corrected chi connectivity index (χ3v) is 3.73. The van der Waals surface area contributed by atoms with E-state index >= 15 is 0 Å². The molecular weight excluding hydrogens is 246 g/mol. The van der Waals surface area contributed by atoms with Crippen molar-refractivity contribution < 1.29 is 4.42 Å². The Bertz CT molecular complexity index is 801. The van der Waals surface area contributed by atoms with E-state index in [9.17, 15) is 0 Å². The molecule has 0 radical (unpaired) electrons. The van der Waals surface area contributed by atoms with E-state index in [0.29, 0.717) is 0 Å². The van der Waals surface area contributed by atoms with Crippen LogP contribution in [0.4, 0.5) is 0 Å². The normalized spacial score (nSPS) is 13.8. The summed E-state index contributed by atoms with van der Waals surface area (Å²) in [5.74, 6) is 0.940. The van der Waals surface area contributed by atoms with Gasteiger partial charge in [-0.1, -0.05) is 23.7 Å². The third-order valence-electron chi connectivity index (χ3n) is 3.40. The average Bonchev–Trinajstić information content (AvgIpc) is 2.75. The van der Waals surface area contributed by atoms with Crippen molar-refractivity contribution in [3.63, 3.8) is 0 Å². The zero-order valence-corrected chi connectivity index (χ0v) is 10.3. The van der Waals surface area contributed by atoms with Crippen LogP contribution in [0.2, 0.25) is 5.02 Å². The fraction of sp³-hybridized carbons (Fsp3) is 0.0667. The van der Waals surface area contributed by atoms with Gasteiger partial charge in [0, 0.05) is 34.1 Å². The maximum absolute atomic E-state index is 6.25. The van der Waals surface area contributed by atoms with Gasteiger partial charge >= 0.3 is 0 Å². The Morgan fingerprint density at radius 1 is 1.17 bits per heavy atom. The second-order valence-corrected chi connectivity index (χ2v) is 4.88. The Kier molecular flexibility index (Phi) is 1.97. The number of benzene rings is 2. The van der Waals surface area contributed by atoms with Crippen LogP contribution in [0.5, 0.6) is 0 Å². The molecule has 1 N–H and O–H groups in total. The zero-order chi connectivity index (χ0) is 12.1. The van der Waals surface area contributed by atoms with Gasteiger partial charge in [-0.2, -0.15) is 0 Å². The van der Waals surface area contributed by atoms with Crippen LogP contribution in [-0.4, -0.2) is 0 Å². The molecule has 0 aliphatic carbocycles. The second kappa shape index (κ2) is 3.53. The standard InChI is InChI=1S/C15H10ClNO/c16-13-3-1-2-9-6-15-11(7-10(9)13)12-8-17-5-4-14(12)18-15/h1-7,17H,8H2. The molecule has 0 spiro atoms. The van der Waals surface area contributed by atoms with Crippen LogP contribution < -0.4 is 5.32 Å². The van der Waals surface area contributed by atoms with E-state index in [2.05, 4.69) is 23.5 Å². The number of hydrogen-bond donors (Lipinski definition) is 1. The Morgan fingerprint density at radius 3 is 3.06 bits per heavy atom. The molecule has 0 fully saturated rings. The number of halogens is 1. The lowest BCUT2D eigenvalue weighted by Crippen LogP contribution is -2.08. The predicted octanol–water partition coefficient (Wildman–Crippen LogP) is 4.31. The molecule has 0 bridgehead atoms. The van der Waals surface area contributed by atoms with Crippen LogP contribution in [0.1, 0.15) is 11.3 Å². The average molecular weight is 256 g/mol. The molecule has 1 aromatic heterocycles. The number of fused-ring (bicyclic) bond motifs is 4. The van der Waals surface area contributed by atoms with E-state index in [1.165, 1.54) is 5.56 Å². The molecule has 18 heavy (non-hydrogen) atoms. The highest BCUT2D eigenvalue weighted by Crippen LogP contribution is 2.34. The van der Waals surface area contributed by atoms with E-state index in [1.54, 1.807) is 0 Å². The Hall–Kier alpha value is -1.93. The van der Waals surface area contributed by atoms with Crippen molar-refractivity contribution in [2.24, 2.45) is 0 Å². The van der Waals surface area contributed by atoms with Crippen molar-refractivity contribution in [2.75, 3.05) is 0 Å². The number of furan rings is 1. The van der Waals surface area contributed by atoms with Crippen LogP contribution in [0.3, 0.4) is 0 Å². The van der Waals surface area contributed by atoms with E-state index < -0.39 is 0 Å². The van der Waals surface area contributed by atoms with Crippen molar-refractivity contribution in [2.45, 2.75) is 6.54 Å². The highest BCUT2D eigenvalue weighted by Gasteiger charge is 2.15. The molecule has 2 aromatic carbocycles.